The molecule has 4 heteroatoms. The third-order valence-corrected chi connectivity index (χ3v) is 13.8. The Bertz CT molecular complexity index is 1190. The van der Waals surface area contributed by atoms with Gasteiger partial charge in [0, 0.05) is 16.7 Å². The van der Waals surface area contributed by atoms with Gasteiger partial charge in [-0.2, -0.15) is 0 Å². The number of pyridine rings is 1. The van der Waals surface area contributed by atoms with E-state index in [2.05, 4.69) is 103 Å². The van der Waals surface area contributed by atoms with Crippen molar-refractivity contribution in [3.8, 4) is 45.5 Å². The van der Waals surface area contributed by atoms with E-state index >= 15 is 0 Å². The smallest absolute Gasteiger partial charge is 0.146 e. The second-order valence-electron chi connectivity index (χ2n) is 10.6. The number of methoxy groups -OCH3 is 2. The first-order chi connectivity index (χ1) is 17.0. The van der Waals surface area contributed by atoms with Crippen LogP contribution in [-0.4, -0.2) is 27.3 Å². The Balaban J connectivity index is 2.26. The molecule has 0 bridgehead atoms. The monoisotopic (exact) mass is 499 g/mol. The van der Waals surface area contributed by atoms with Gasteiger partial charge in [-0.05, 0) is 90.1 Å². The van der Waals surface area contributed by atoms with E-state index in [9.17, 15) is 0 Å². The van der Waals surface area contributed by atoms with Crippen LogP contribution in [0.5, 0.6) is 11.5 Å². The van der Waals surface area contributed by atoms with Gasteiger partial charge in [-0.1, -0.05) is 47.5 Å². The highest BCUT2D eigenvalue weighted by Crippen LogP contribution is 2.41. The van der Waals surface area contributed by atoms with Crippen molar-refractivity contribution in [3.05, 3.63) is 65.2 Å². The summed E-state index contributed by atoms with van der Waals surface area (Å²) in [4.78, 5) is 5.12. The quantitative estimate of drug-likeness (QED) is 0.241. The highest BCUT2D eigenvalue weighted by atomic mass is 28.3. The second kappa shape index (κ2) is 11.4. The molecular formula is C32H41NO2Si. The zero-order valence-corrected chi connectivity index (χ0v) is 24.6. The van der Waals surface area contributed by atoms with Gasteiger partial charge >= 0.3 is 0 Å². The van der Waals surface area contributed by atoms with E-state index in [1.54, 1.807) is 14.2 Å². The van der Waals surface area contributed by atoms with Crippen molar-refractivity contribution >= 4 is 8.07 Å². The van der Waals surface area contributed by atoms with Gasteiger partial charge in [0.1, 0.15) is 19.6 Å². The molecule has 190 valence electrons. The molecule has 0 spiro atoms. The van der Waals surface area contributed by atoms with E-state index in [4.69, 9.17) is 14.5 Å². The van der Waals surface area contributed by atoms with E-state index in [0.29, 0.717) is 16.6 Å². The first-order valence-electron chi connectivity index (χ1n) is 12.9. The fourth-order valence-electron chi connectivity index (χ4n) is 5.59. The van der Waals surface area contributed by atoms with Crippen molar-refractivity contribution in [1.29, 1.82) is 0 Å². The molecule has 0 aliphatic carbocycles. The van der Waals surface area contributed by atoms with E-state index < -0.39 is 8.07 Å². The van der Waals surface area contributed by atoms with E-state index in [0.717, 1.165) is 50.7 Å². The lowest BCUT2D eigenvalue weighted by molar-refractivity contribution is 0.414. The summed E-state index contributed by atoms with van der Waals surface area (Å²) in [5.41, 5.74) is 12.9. The number of aromatic nitrogens is 1. The minimum Gasteiger partial charge on any atom is -0.497 e. The molecule has 0 N–H and O–H groups in total. The van der Waals surface area contributed by atoms with Crippen molar-refractivity contribution in [2.75, 3.05) is 14.2 Å². The average Bonchev–Trinajstić information content (AvgIpc) is 2.83. The third-order valence-electron chi connectivity index (χ3n) is 7.53. The predicted molar refractivity (Wildman–Crippen MR) is 156 cm³/mol. The van der Waals surface area contributed by atoms with Gasteiger partial charge in [-0.25, -0.2) is 4.98 Å². The summed E-state index contributed by atoms with van der Waals surface area (Å²) in [6, 6.07) is 16.6. The molecule has 3 rings (SSSR count). The standard InChI is InChI=1S/C32H41NO2Si/c1-21(2)36(22(3)4,23(5)6)16-15-26-19-31(29-13-11-27(34-9)17-24(29)7)33-32(20-26)30-14-12-28(35-10)18-25(30)8/h11-14,17-23H,1-10H3. The van der Waals surface area contributed by atoms with Gasteiger partial charge in [0.2, 0.25) is 0 Å². The summed E-state index contributed by atoms with van der Waals surface area (Å²) in [5.74, 6) is 5.35. The SMILES string of the molecule is COc1ccc(-c2cc(C#C[Si](C(C)C)(C(C)C)C(C)C)cc(-c3ccc(OC)cc3C)n2)c(C)c1. The summed E-state index contributed by atoms with van der Waals surface area (Å²) in [6.45, 7) is 18.3. The Morgan fingerprint density at radius 1 is 0.667 bits per heavy atom. The van der Waals surface area contributed by atoms with Crippen molar-refractivity contribution in [2.45, 2.75) is 72.0 Å². The predicted octanol–water partition coefficient (Wildman–Crippen LogP) is 8.62. The summed E-state index contributed by atoms with van der Waals surface area (Å²) >= 11 is 0. The number of aryl methyl sites for hydroxylation is 2. The maximum absolute atomic E-state index is 5.43. The van der Waals surface area contributed by atoms with E-state index in [-0.39, 0.29) is 0 Å². The molecule has 0 unspecified atom stereocenters. The molecule has 0 aliphatic rings. The first kappa shape index (κ1) is 27.6. The Labute approximate surface area is 219 Å². The minimum absolute atomic E-state index is 0.582. The fourth-order valence-corrected chi connectivity index (χ4v) is 10.8. The number of ether oxygens (including phenoxy) is 2. The van der Waals surface area contributed by atoms with Crippen LogP contribution in [0, 0.1) is 25.3 Å². The van der Waals surface area contributed by atoms with Crippen molar-refractivity contribution in [3.63, 3.8) is 0 Å². The van der Waals surface area contributed by atoms with Crippen LogP contribution in [0.25, 0.3) is 22.5 Å². The van der Waals surface area contributed by atoms with Gasteiger partial charge in [-0.3, -0.25) is 0 Å². The maximum atomic E-state index is 5.43. The number of benzene rings is 2. The van der Waals surface area contributed by atoms with Crippen molar-refractivity contribution in [1.82, 2.24) is 4.98 Å². The summed E-state index contributed by atoms with van der Waals surface area (Å²) in [6.07, 6.45) is 0. The largest absolute Gasteiger partial charge is 0.497 e. The summed E-state index contributed by atoms with van der Waals surface area (Å²) in [7, 11) is 1.53. The lowest BCUT2D eigenvalue weighted by Gasteiger charge is -2.38. The number of rotatable bonds is 7. The third kappa shape index (κ3) is 5.52. The molecule has 3 aromatic rings. The van der Waals surface area contributed by atoms with Gasteiger partial charge in [0.15, 0.2) is 0 Å². The molecule has 0 amide bonds. The Morgan fingerprint density at radius 3 is 1.42 bits per heavy atom. The molecular weight excluding hydrogens is 458 g/mol. The molecule has 1 heterocycles. The van der Waals surface area contributed by atoms with Crippen LogP contribution in [0.2, 0.25) is 16.6 Å². The summed E-state index contributed by atoms with van der Waals surface area (Å²) in [5, 5.41) is 0. The van der Waals surface area contributed by atoms with Crippen LogP contribution in [0.3, 0.4) is 0 Å². The normalized spacial score (nSPS) is 11.6. The van der Waals surface area contributed by atoms with Crippen LogP contribution in [0.4, 0.5) is 0 Å². The van der Waals surface area contributed by atoms with Crippen molar-refractivity contribution in [2.24, 2.45) is 0 Å². The highest BCUT2D eigenvalue weighted by Gasteiger charge is 2.41. The van der Waals surface area contributed by atoms with E-state index in [1.165, 1.54) is 0 Å². The molecule has 0 saturated carbocycles. The summed E-state index contributed by atoms with van der Waals surface area (Å²) < 4.78 is 10.9. The minimum atomic E-state index is -1.86. The molecule has 0 aliphatic heterocycles. The van der Waals surface area contributed by atoms with Crippen molar-refractivity contribution < 1.29 is 9.47 Å². The molecule has 2 aromatic carbocycles. The fraction of sp³-hybridized carbons (Fsp3) is 0.406. The topological polar surface area (TPSA) is 31.4 Å². The zero-order chi connectivity index (χ0) is 26.6. The van der Waals surface area contributed by atoms with Crippen LogP contribution in [-0.2, 0) is 0 Å². The molecule has 0 fully saturated rings. The molecule has 3 nitrogen and oxygen atoms in total. The van der Waals surface area contributed by atoms with Crippen LogP contribution in [0.1, 0.15) is 58.2 Å². The van der Waals surface area contributed by atoms with Gasteiger partial charge in [0.25, 0.3) is 0 Å². The number of hydrogen-bond acceptors (Lipinski definition) is 3. The number of nitrogens with zero attached hydrogens (tertiary/aromatic N) is 1. The Hall–Kier alpha value is -3.03. The molecule has 1 aromatic heterocycles. The lowest BCUT2D eigenvalue weighted by Crippen LogP contribution is -2.43. The van der Waals surface area contributed by atoms with Crippen LogP contribution < -0.4 is 9.47 Å². The zero-order valence-electron chi connectivity index (χ0n) is 23.6. The molecule has 36 heavy (non-hydrogen) atoms. The highest BCUT2D eigenvalue weighted by molar-refractivity contribution is 6.90. The molecule has 0 saturated heterocycles. The van der Waals surface area contributed by atoms with E-state index in [1.807, 2.05) is 12.1 Å². The molecule has 0 atom stereocenters. The van der Waals surface area contributed by atoms with Gasteiger partial charge in [0.05, 0.1) is 25.6 Å². The Kier molecular flexibility index (Phi) is 8.69. The Morgan fingerprint density at radius 2 is 1.08 bits per heavy atom. The maximum Gasteiger partial charge on any atom is 0.146 e. The van der Waals surface area contributed by atoms with Crippen LogP contribution >= 0.6 is 0 Å². The average molecular weight is 500 g/mol. The lowest BCUT2D eigenvalue weighted by atomic mass is 9.99. The molecule has 0 radical (unpaired) electrons. The van der Waals surface area contributed by atoms with Gasteiger partial charge < -0.3 is 9.47 Å². The van der Waals surface area contributed by atoms with Gasteiger partial charge in [-0.15, -0.1) is 5.54 Å². The number of hydrogen-bond donors (Lipinski definition) is 0. The van der Waals surface area contributed by atoms with Crippen LogP contribution in [0.15, 0.2) is 48.5 Å². The first-order valence-corrected chi connectivity index (χ1v) is 15.1. The second-order valence-corrected chi connectivity index (χ2v) is 16.2.